The smallest absolute Gasteiger partial charge is 0.249 e. The van der Waals surface area contributed by atoms with Crippen LogP contribution in [0.4, 0.5) is 5.95 Å². The van der Waals surface area contributed by atoms with Gasteiger partial charge in [0.1, 0.15) is 6.04 Å². The number of nitrogens with zero attached hydrogens (tertiary/aromatic N) is 2. The topological polar surface area (TPSA) is 76.0 Å². The van der Waals surface area contributed by atoms with Crippen LogP contribution in [0, 0.1) is 0 Å². The van der Waals surface area contributed by atoms with Gasteiger partial charge in [-0.15, -0.1) is 0 Å². The number of hydrogen-bond donors (Lipinski definition) is 2. The first kappa shape index (κ1) is 16.3. The van der Waals surface area contributed by atoms with Crippen LogP contribution in [0.25, 0.3) is 11.0 Å². The van der Waals surface area contributed by atoms with E-state index in [0.29, 0.717) is 18.8 Å². The average Bonchev–Trinajstić information content (AvgIpc) is 3.25. The van der Waals surface area contributed by atoms with Crippen molar-refractivity contribution in [1.82, 2.24) is 14.9 Å². The molecule has 26 heavy (non-hydrogen) atoms. The molecule has 0 bridgehead atoms. The summed E-state index contributed by atoms with van der Waals surface area (Å²) < 4.78 is 2.03. The molecule has 1 aliphatic heterocycles. The van der Waals surface area contributed by atoms with Crippen LogP contribution in [-0.4, -0.2) is 27.4 Å². The van der Waals surface area contributed by atoms with E-state index in [1.54, 1.807) is 0 Å². The number of carbonyl (C=O) groups excluding carboxylic acids is 2. The Hall–Kier alpha value is -3.15. The van der Waals surface area contributed by atoms with Crippen molar-refractivity contribution < 1.29 is 9.59 Å². The third-order valence-corrected chi connectivity index (χ3v) is 4.81. The Kier molecular flexibility index (Phi) is 4.16. The molecule has 3 aromatic rings. The zero-order valence-electron chi connectivity index (χ0n) is 14.5. The number of para-hydroxylation sites is 2. The molecule has 1 aromatic heterocycles. The predicted octanol–water partition coefficient (Wildman–Crippen LogP) is 2.86. The first-order valence-corrected chi connectivity index (χ1v) is 8.75. The summed E-state index contributed by atoms with van der Waals surface area (Å²) in [6.07, 6.45) is 0.897. The third kappa shape index (κ3) is 2.94. The van der Waals surface area contributed by atoms with E-state index in [9.17, 15) is 9.59 Å². The van der Waals surface area contributed by atoms with Gasteiger partial charge < -0.3 is 9.88 Å². The molecule has 2 amide bonds. The second-order valence-electron chi connectivity index (χ2n) is 6.53. The van der Waals surface area contributed by atoms with E-state index < -0.39 is 6.04 Å². The molecule has 1 fully saturated rings. The molecule has 6 nitrogen and oxygen atoms in total. The summed E-state index contributed by atoms with van der Waals surface area (Å²) in [5.74, 6) is 0.178. The van der Waals surface area contributed by atoms with Gasteiger partial charge in [0.15, 0.2) is 0 Å². The summed E-state index contributed by atoms with van der Waals surface area (Å²) in [4.78, 5) is 28.6. The van der Waals surface area contributed by atoms with E-state index in [-0.39, 0.29) is 17.9 Å². The lowest BCUT2D eigenvalue weighted by atomic mass is 10.1. The molecular formula is C20H20N4O2. The number of hydrogen-bond acceptors (Lipinski definition) is 3. The molecule has 2 N–H and O–H groups in total. The number of amides is 2. The van der Waals surface area contributed by atoms with Gasteiger partial charge in [0, 0.05) is 6.42 Å². The lowest BCUT2D eigenvalue weighted by Gasteiger charge is -2.19. The normalized spacial score (nSPS) is 17.9. The quantitative estimate of drug-likeness (QED) is 0.761. The maximum absolute atomic E-state index is 12.6. The fourth-order valence-corrected chi connectivity index (χ4v) is 3.41. The molecule has 132 valence electrons. The van der Waals surface area contributed by atoms with Gasteiger partial charge >= 0.3 is 0 Å². The number of anilines is 1. The summed E-state index contributed by atoms with van der Waals surface area (Å²) in [5, 5.41) is 5.61. The van der Waals surface area contributed by atoms with Crippen molar-refractivity contribution in [3.8, 4) is 0 Å². The number of fused-ring (bicyclic) bond motifs is 1. The van der Waals surface area contributed by atoms with E-state index in [4.69, 9.17) is 0 Å². The van der Waals surface area contributed by atoms with Gasteiger partial charge in [0.2, 0.25) is 17.8 Å². The minimum atomic E-state index is -0.497. The number of imidazole rings is 1. The fraction of sp³-hybridized carbons (Fsp3) is 0.250. The highest BCUT2D eigenvalue weighted by atomic mass is 16.2. The average molecular weight is 348 g/mol. The Labute approximate surface area is 151 Å². The van der Waals surface area contributed by atoms with Crippen LogP contribution >= 0.6 is 0 Å². The van der Waals surface area contributed by atoms with Crippen molar-refractivity contribution in [2.75, 3.05) is 5.32 Å². The lowest BCUT2D eigenvalue weighted by molar-refractivity contribution is -0.122. The monoisotopic (exact) mass is 348 g/mol. The van der Waals surface area contributed by atoms with Gasteiger partial charge in [0.25, 0.3) is 0 Å². The number of nitrogens with one attached hydrogen (secondary N) is 2. The second-order valence-corrected chi connectivity index (χ2v) is 6.53. The van der Waals surface area contributed by atoms with Crippen molar-refractivity contribution in [1.29, 1.82) is 0 Å². The van der Waals surface area contributed by atoms with Crippen molar-refractivity contribution in [3.05, 3.63) is 60.2 Å². The van der Waals surface area contributed by atoms with Crippen molar-refractivity contribution in [3.63, 3.8) is 0 Å². The Morgan fingerprint density at radius 3 is 2.65 bits per heavy atom. The Bertz CT molecular complexity index is 964. The first-order valence-electron chi connectivity index (χ1n) is 8.75. The molecule has 1 aliphatic rings. The molecule has 0 unspecified atom stereocenters. The molecule has 2 heterocycles. The van der Waals surface area contributed by atoms with Crippen molar-refractivity contribution >= 4 is 28.8 Å². The Morgan fingerprint density at radius 2 is 1.92 bits per heavy atom. The van der Waals surface area contributed by atoms with Gasteiger partial charge in [-0.2, -0.15) is 0 Å². The van der Waals surface area contributed by atoms with Crippen LogP contribution in [0.3, 0.4) is 0 Å². The van der Waals surface area contributed by atoms with Gasteiger partial charge in [0.05, 0.1) is 17.1 Å². The van der Waals surface area contributed by atoms with E-state index in [1.165, 1.54) is 0 Å². The van der Waals surface area contributed by atoms with Gasteiger partial charge in [-0.3, -0.25) is 14.9 Å². The van der Waals surface area contributed by atoms with Crippen LogP contribution < -0.4 is 10.6 Å². The third-order valence-electron chi connectivity index (χ3n) is 4.81. The minimum Gasteiger partial charge on any atom is -0.344 e. The van der Waals surface area contributed by atoms with E-state index >= 15 is 0 Å². The highest BCUT2D eigenvalue weighted by Gasteiger charge is 2.29. The molecule has 6 heteroatoms. The van der Waals surface area contributed by atoms with Crippen LogP contribution in [0.15, 0.2) is 54.6 Å². The fourth-order valence-electron chi connectivity index (χ4n) is 3.41. The van der Waals surface area contributed by atoms with E-state index in [1.807, 2.05) is 47.0 Å². The maximum Gasteiger partial charge on any atom is 0.249 e. The van der Waals surface area contributed by atoms with Gasteiger partial charge in [-0.05, 0) is 31.0 Å². The number of rotatable bonds is 4. The highest BCUT2D eigenvalue weighted by Crippen LogP contribution is 2.28. The van der Waals surface area contributed by atoms with E-state index in [0.717, 1.165) is 16.6 Å². The largest absolute Gasteiger partial charge is 0.344 e. The van der Waals surface area contributed by atoms with Crippen LogP contribution in [0.5, 0.6) is 0 Å². The van der Waals surface area contributed by atoms with Crippen molar-refractivity contribution in [2.45, 2.75) is 31.8 Å². The lowest BCUT2D eigenvalue weighted by Crippen LogP contribution is -2.38. The molecule has 0 aliphatic carbocycles. The summed E-state index contributed by atoms with van der Waals surface area (Å²) >= 11 is 0. The molecule has 2 aromatic carbocycles. The SMILES string of the molecule is C[C@@H](c1ccccc1)n1c(NC(=O)[C@@H]2CCC(=O)N2)nc2ccccc21. The molecular weight excluding hydrogens is 328 g/mol. The summed E-state index contributed by atoms with van der Waals surface area (Å²) in [6.45, 7) is 2.08. The summed E-state index contributed by atoms with van der Waals surface area (Å²) in [5.41, 5.74) is 2.90. The number of carbonyl (C=O) groups is 2. The summed E-state index contributed by atoms with van der Waals surface area (Å²) in [7, 11) is 0. The molecule has 0 saturated carbocycles. The predicted molar refractivity (Wildman–Crippen MR) is 99.8 cm³/mol. The molecule has 1 saturated heterocycles. The number of aromatic nitrogens is 2. The molecule has 2 atom stereocenters. The van der Waals surface area contributed by atoms with Gasteiger partial charge in [-0.25, -0.2) is 4.98 Å². The first-order chi connectivity index (χ1) is 12.6. The standard InChI is InChI=1S/C20H20N4O2/c1-13(14-7-3-2-4-8-14)24-17-10-6-5-9-15(17)22-20(24)23-19(26)16-11-12-18(25)21-16/h2-10,13,16H,11-12H2,1H3,(H,21,25)(H,22,23,26)/t13-,16-/m0/s1. The molecule has 0 radical (unpaired) electrons. The van der Waals surface area contributed by atoms with Crippen LogP contribution in [0.1, 0.15) is 31.4 Å². The zero-order valence-corrected chi connectivity index (χ0v) is 14.5. The molecule has 4 rings (SSSR count). The molecule has 0 spiro atoms. The van der Waals surface area contributed by atoms with E-state index in [2.05, 4.69) is 34.7 Å². The maximum atomic E-state index is 12.6. The second kappa shape index (κ2) is 6.63. The van der Waals surface area contributed by atoms with Gasteiger partial charge in [-0.1, -0.05) is 42.5 Å². The summed E-state index contributed by atoms with van der Waals surface area (Å²) in [6, 6.07) is 17.4. The minimum absolute atomic E-state index is 0.00271. The van der Waals surface area contributed by atoms with Crippen molar-refractivity contribution in [2.24, 2.45) is 0 Å². The highest BCUT2D eigenvalue weighted by molar-refractivity contribution is 5.99. The zero-order chi connectivity index (χ0) is 18.1. The Balaban J connectivity index is 1.72. The van der Waals surface area contributed by atoms with Crippen LogP contribution in [0.2, 0.25) is 0 Å². The number of benzene rings is 2. The Morgan fingerprint density at radius 1 is 1.19 bits per heavy atom. The van der Waals surface area contributed by atoms with Crippen LogP contribution in [-0.2, 0) is 9.59 Å².